The molecule has 3 unspecified atom stereocenters. The highest BCUT2D eigenvalue weighted by atomic mass is 32.2. The molecule has 0 saturated heterocycles. The van der Waals surface area contributed by atoms with E-state index in [1.165, 1.54) is 0 Å². The van der Waals surface area contributed by atoms with E-state index < -0.39 is 21.5 Å². The fourth-order valence-electron chi connectivity index (χ4n) is 3.08. The van der Waals surface area contributed by atoms with E-state index in [1.807, 2.05) is 0 Å². The van der Waals surface area contributed by atoms with Crippen LogP contribution in [0.5, 0.6) is 0 Å². The van der Waals surface area contributed by atoms with E-state index in [0.29, 0.717) is 18.1 Å². The molecule has 2 rings (SSSR count). The minimum atomic E-state index is -4.24. The third-order valence-electron chi connectivity index (χ3n) is 3.93. The Kier molecular flexibility index (Phi) is 2.56. The maximum absolute atomic E-state index is 13.3. The number of alkyl halides is 2. The normalized spacial score (nSPS) is 36.1. The van der Waals surface area contributed by atoms with Gasteiger partial charge in [0.05, 0.1) is 0 Å². The Balaban J connectivity index is 2.04. The van der Waals surface area contributed by atoms with Crippen LogP contribution < -0.4 is 0 Å². The zero-order chi connectivity index (χ0) is 11.3. The summed E-state index contributed by atoms with van der Waals surface area (Å²) < 4.78 is 48.4. The highest BCUT2D eigenvalue weighted by molar-refractivity contribution is 7.91. The predicted molar refractivity (Wildman–Crippen MR) is 53.3 cm³/mol. The van der Waals surface area contributed by atoms with Gasteiger partial charge in [-0.05, 0) is 37.0 Å². The Morgan fingerprint density at radius 3 is 2.33 bits per heavy atom. The Bertz CT molecular complexity index is 350. The van der Waals surface area contributed by atoms with Gasteiger partial charge in [-0.3, -0.25) is 0 Å². The summed E-state index contributed by atoms with van der Waals surface area (Å²) in [7, 11) is -4.24. The van der Waals surface area contributed by atoms with Crippen molar-refractivity contribution in [3.63, 3.8) is 0 Å². The van der Waals surface area contributed by atoms with Gasteiger partial charge in [0, 0.05) is 12.7 Å². The van der Waals surface area contributed by atoms with E-state index in [9.17, 15) is 17.2 Å². The van der Waals surface area contributed by atoms with E-state index >= 15 is 0 Å². The van der Waals surface area contributed by atoms with Crippen molar-refractivity contribution in [2.45, 2.75) is 37.4 Å². The second kappa shape index (κ2) is 3.40. The first-order valence-corrected chi connectivity index (χ1v) is 7.26. The molecule has 0 aromatic heterocycles. The lowest BCUT2D eigenvalue weighted by molar-refractivity contribution is 0.0518. The van der Waals surface area contributed by atoms with Crippen LogP contribution in [0.1, 0.15) is 32.1 Å². The molecule has 2 aliphatic carbocycles. The van der Waals surface area contributed by atoms with Crippen molar-refractivity contribution in [2.75, 3.05) is 6.26 Å². The summed E-state index contributed by atoms with van der Waals surface area (Å²) in [6, 6.07) is 0. The molecule has 5 heteroatoms. The summed E-state index contributed by atoms with van der Waals surface area (Å²) in [5.41, 5.74) is 0. The summed E-state index contributed by atoms with van der Waals surface area (Å²) in [4.78, 5) is 0. The molecule has 0 spiro atoms. The summed E-state index contributed by atoms with van der Waals surface area (Å²) in [6.45, 7) is 0. The third kappa shape index (κ3) is 2.03. The van der Waals surface area contributed by atoms with Gasteiger partial charge in [-0.1, -0.05) is 6.42 Å². The summed E-state index contributed by atoms with van der Waals surface area (Å²) in [6.07, 6.45) is 4.15. The second-order valence-corrected chi connectivity index (χ2v) is 7.19. The fourth-order valence-corrected chi connectivity index (χ4v) is 3.60. The lowest BCUT2D eigenvalue weighted by Crippen LogP contribution is -2.31. The molecule has 2 aliphatic rings. The number of sulfone groups is 1. The third-order valence-corrected chi connectivity index (χ3v) is 5.18. The first-order chi connectivity index (χ1) is 6.79. The first kappa shape index (κ1) is 11.3. The molecule has 15 heavy (non-hydrogen) atoms. The number of hydrogen-bond donors (Lipinski definition) is 0. The Labute approximate surface area is 89.0 Å². The minimum absolute atomic E-state index is 0.0755. The Hall–Kier alpha value is -0.190. The monoisotopic (exact) mass is 238 g/mol. The SMILES string of the molecule is CS(=O)(=O)C(F)(F)CC1CC2CCC1C2. The highest BCUT2D eigenvalue weighted by Gasteiger charge is 2.49. The van der Waals surface area contributed by atoms with Crippen molar-refractivity contribution in [3.8, 4) is 0 Å². The van der Waals surface area contributed by atoms with Crippen molar-refractivity contribution in [2.24, 2.45) is 17.8 Å². The largest absolute Gasteiger partial charge is 0.345 e. The van der Waals surface area contributed by atoms with Crippen LogP contribution in [0.4, 0.5) is 8.78 Å². The first-order valence-electron chi connectivity index (χ1n) is 5.37. The van der Waals surface area contributed by atoms with Crippen molar-refractivity contribution < 1.29 is 17.2 Å². The number of fused-ring (bicyclic) bond motifs is 2. The van der Waals surface area contributed by atoms with E-state index in [2.05, 4.69) is 0 Å². The molecule has 2 saturated carbocycles. The lowest BCUT2D eigenvalue weighted by atomic mass is 9.86. The molecule has 3 atom stereocenters. The van der Waals surface area contributed by atoms with Crippen LogP contribution in [0.3, 0.4) is 0 Å². The molecule has 0 N–H and O–H groups in total. The zero-order valence-electron chi connectivity index (χ0n) is 8.75. The summed E-state index contributed by atoms with van der Waals surface area (Å²) in [5, 5.41) is -3.53. The van der Waals surface area contributed by atoms with Crippen molar-refractivity contribution in [3.05, 3.63) is 0 Å². The standard InChI is InChI=1S/C10H16F2O2S/c1-15(13,14)10(11,12)6-9-5-7-2-3-8(9)4-7/h7-9H,2-6H2,1H3. The van der Waals surface area contributed by atoms with Gasteiger partial charge in [-0.2, -0.15) is 8.78 Å². The molecule has 0 radical (unpaired) electrons. The predicted octanol–water partition coefficient (Wildman–Crippen LogP) is 2.45. The maximum Gasteiger partial charge on any atom is 0.345 e. The summed E-state index contributed by atoms with van der Waals surface area (Å²) in [5.74, 6) is 0.853. The van der Waals surface area contributed by atoms with Crippen LogP contribution in [-0.2, 0) is 9.84 Å². The van der Waals surface area contributed by atoms with Crippen LogP contribution in [-0.4, -0.2) is 19.9 Å². The molecule has 0 aromatic rings. The van der Waals surface area contributed by atoms with Crippen LogP contribution in [0.15, 0.2) is 0 Å². The Morgan fingerprint density at radius 2 is 1.93 bits per heavy atom. The molecular formula is C10H16F2O2S. The van der Waals surface area contributed by atoms with Crippen molar-refractivity contribution >= 4 is 9.84 Å². The van der Waals surface area contributed by atoms with E-state index in [0.717, 1.165) is 25.7 Å². The van der Waals surface area contributed by atoms with Gasteiger partial charge in [0.1, 0.15) is 0 Å². The average molecular weight is 238 g/mol. The Morgan fingerprint density at radius 1 is 1.27 bits per heavy atom. The topological polar surface area (TPSA) is 34.1 Å². The molecule has 2 bridgehead atoms. The maximum atomic E-state index is 13.3. The molecule has 0 aromatic carbocycles. The summed E-state index contributed by atoms with van der Waals surface area (Å²) >= 11 is 0. The molecule has 0 amide bonds. The van der Waals surface area contributed by atoms with Gasteiger partial charge >= 0.3 is 5.25 Å². The van der Waals surface area contributed by atoms with E-state index in [4.69, 9.17) is 0 Å². The number of hydrogen-bond acceptors (Lipinski definition) is 2. The molecular weight excluding hydrogens is 222 g/mol. The van der Waals surface area contributed by atoms with Gasteiger partial charge in [0.15, 0.2) is 0 Å². The minimum Gasteiger partial charge on any atom is -0.223 e. The van der Waals surface area contributed by atoms with Crippen molar-refractivity contribution in [1.29, 1.82) is 0 Å². The average Bonchev–Trinajstić information content (AvgIpc) is 2.61. The number of halogens is 2. The van der Waals surface area contributed by atoms with Crippen LogP contribution in [0, 0.1) is 17.8 Å². The van der Waals surface area contributed by atoms with Gasteiger partial charge in [-0.15, -0.1) is 0 Å². The smallest absolute Gasteiger partial charge is 0.223 e. The van der Waals surface area contributed by atoms with Crippen LogP contribution in [0.2, 0.25) is 0 Å². The molecule has 88 valence electrons. The van der Waals surface area contributed by atoms with E-state index in [1.54, 1.807) is 0 Å². The van der Waals surface area contributed by atoms with Crippen LogP contribution >= 0.6 is 0 Å². The quantitative estimate of drug-likeness (QED) is 0.756. The van der Waals surface area contributed by atoms with Crippen molar-refractivity contribution in [1.82, 2.24) is 0 Å². The lowest BCUT2D eigenvalue weighted by Gasteiger charge is -2.25. The molecule has 0 heterocycles. The zero-order valence-corrected chi connectivity index (χ0v) is 9.56. The van der Waals surface area contributed by atoms with E-state index in [-0.39, 0.29) is 5.92 Å². The molecule has 2 fully saturated rings. The fraction of sp³-hybridized carbons (Fsp3) is 1.00. The van der Waals surface area contributed by atoms with Gasteiger partial charge < -0.3 is 0 Å². The molecule has 0 aliphatic heterocycles. The van der Waals surface area contributed by atoms with Gasteiger partial charge in [0.2, 0.25) is 9.84 Å². The second-order valence-electron chi connectivity index (χ2n) is 5.05. The number of rotatable bonds is 3. The highest BCUT2D eigenvalue weighted by Crippen LogP contribution is 2.51. The molecule has 2 nitrogen and oxygen atoms in total. The van der Waals surface area contributed by atoms with Crippen LogP contribution in [0.25, 0.3) is 0 Å². The van der Waals surface area contributed by atoms with Gasteiger partial charge in [-0.25, -0.2) is 8.42 Å². The van der Waals surface area contributed by atoms with Gasteiger partial charge in [0.25, 0.3) is 0 Å².